The molecule has 1 aliphatic heterocycles. The maximum Gasteiger partial charge on any atom is 0.322 e. The summed E-state index contributed by atoms with van der Waals surface area (Å²) in [5.74, 6) is -3.77. The first-order valence-electron chi connectivity index (χ1n) is 6.20. The van der Waals surface area contributed by atoms with E-state index in [1.165, 1.54) is 13.1 Å². The first-order valence-corrected chi connectivity index (χ1v) is 6.20. The number of hydrogen-bond donors (Lipinski definition) is 2. The number of likely N-dealkylation sites (N-methyl/N-ethyl adjacent to an activating group) is 1. The average molecular weight is 300 g/mol. The zero-order chi connectivity index (χ0) is 15.6. The highest BCUT2D eigenvalue weighted by atomic mass is 19.1. The summed E-state index contributed by atoms with van der Waals surface area (Å²) in [5, 5.41) is 11.1. The average Bonchev–Trinajstić information content (AvgIpc) is 2.91. The summed E-state index contributed by atoms with van der Waals surface area (Å²) in [6.45, 7) is 0.0479. The van der Waals surface area contributed by atoms with Crippen LogP contribution in [0.5, 0.6) is 0 Å². The molecule has 0 saturated carbocycles. The third-order valence-electron chi connectivity index (χ3n) is 3.38. The Hall–Kier alpha value is -2.22. The topological polar surface area (TPSA) is 78.9 Å². The lowest BCUT2D eigenvalue weighted by atomic mass is 10.0. The standard InChI is InChI=1S/C13H14F2N2O4/c1-17(10-6-21-5-7(10)12(18)19)13(20)16-11-8(14)3-2-4-9(11)15/h2-4,7,10H,5-6H2,1H3,(H,16,20)(H,18,19). The van der Waals surface area contributed by atoms with Crippen LogP contribution in [-0.4, -0.2) is 48.3 Å². The van der Waals surface area contributed by atoms with Gasteiger partial charge in [-0.05, 0) is 12.1 Å². The highest BCUT2D eigenvalue weighted by Gasteiger charge is 2.38. The number of carbonyl (C=O) groups excluding carboxylic acids is 1. The summed E-state index contributed by atoms with van der Waals surface area (Å²) >= 11 is 0. The van der Waals surface area contributed by atoms with Crippen LogP contribution in [0.25, 0.3) is 0 Å². The van der Waals surface area contributed by atoms with Crippen LogP contribution in [-0.2, 0) is 9.53 Å². The monoisotopic (exact) mass is 300 g/mol. The molecule has 1 aromatic carbocycles. The van der Waals surface area contributed by atoms with Crippen molar-refractivity contribution in [3.63, 3.8) is 0 Å². The third-order valence-corrected chi connectivity index (χ3v) is 3.38. The molecule has 1 aliphatic rings. The zero-order valence-electron chi connectivity index (χ0n) is 11.2. The molecule has 0 bridgehead atoms. The van der Waals surface area contributed by atoms with Gasteiger partial charge in [-0.25, -0.2) is 13.6 Å². The second-order valence-electron chi connectivity index (χ2n) is 4.69. The number of carboxylic acids is 1. The fourth-order valence-corrected chi connectivity index (χ4v) is 2.12. The molecule has 0 aromatic heterocycles. The summed E-state index contributed by atoms with van der Waals surface area (Å²) in [6, 6.07) is 1.70. The molecule has 2 unspecified atom stereocenters. The normalized spacial score (nSPS) is 21.1. The number of aliphatic carboxylic acids is 1. The number of carbonyl (C=O) groups is 2. The van der Waals surface area contributed by atoms with Gasteiger partial charge >= 0.3 is 12.0 Å². The highest BCUT2D eigenvalue weighted by Crippen LogP contribution is 2.22. The van der Waals surface area contributed by atoms with Crippen LogP contribution >= 0.6 is 0 Å². The molecule has 6 nitrogen and oxygen atoms in total. The Morgan fingerprint density at radius 2 is 1.95 bits per heavy atom. The molecule has 0 aliphatic carbocycles. The number of nitrogens with zero attached hydrogens (tertiary/aromatic N) is 1. The molecule has 2 rings (SSSR count). The van der Waals surface area contributed by atoms with Crippen molar-refractivity contribution in [2.75, 3.05) is 25.6 Å². The summed E-state index contributed by atoms with van der Waals surface area (Å²) < 4.78 is 32.0. The lowest BCUT2D eigenvalue weighted by molar-refractivity contribution is -0.142. The number of amides is 2. The Labute approximate surface area is 119 Å². The number of anilines is 1. The van der Waals surface area contributed by atoms with Crippen molar-refractivity contribution in [1.82, 2.24) is 4.90 Å². The molecule has 21 heavy (non-hydrogen) atoms. The molecular weight excluding hydrogens is 286 g/mol. The van der Waals surface area contributed by atoms with Crippen molar-refractivity contribution in [3.8, 4) is 0 Å². The van der Waals surface area contributed by atoms with Gasteiger partial charge < -0.3 is 20.1 Å². The van der Waals surface area contributed by atoms with Gasteiger partial charge in [0.05, 0.1) is 19.3 Å². The largest absolute Gasteiger partial charge is 0.481 e. The van der Waals surface area contributed by atoms with Crippen molar-refractivity contribution in [3.05, 3.63) is 29.8 Å². The smallest absolute Gasteiger partial charge is 0.322 e. The number of nitrogens with one attached hydrogen (secondary N) is 1. The van der Waals surface area contributed by atoms with Crippen LogP contribution in [0.4, 0.5) is 19.3 Å². The lowest BCUT2D eigenvalue weighted by Gasteiger charge is -2.26. The minimum Gasteiger partial charge on any atom is -0.481 e. The van der Waals surface area contributed by atoms with Gasteiger partial charge in [-0.2, -0.15) is 0 Å². The van der Waals surface area contributed by atoms with Crippen molar-refractivity contribution in [2.24, 2.45) is 5.92 Å². The predicted octanol–water partition coefficient (Wildman–Crippen LogP) is 1.53. The SMILES string of the molecule is CN(C(=O)Nc1c(F)cccc1F)C1COCC1C(=O)O. The maximum absolute atomic E-state index is 13.5. The molecule has 1 saturated heterocycles. The maximum atomic E-state index is 13.5. The molecule has 0 spiro atoms. The number of ether oxygens (including phenoxy) is 1. The van der Waals surface area contributed by atoms with E-state index >= 15 is 0 Å². The summed E-state index contributed by atoms with van der Waals surface area (Å²) in [7, 11) is 1.35. The second-order valence-corrected chi connectivity index (χ2v) is 4.69. The van der Waals surface area contributed by atoms with Crippen molar-refractivity contribution in [1.29, 1.82) is 0 Å². The predicted molar refractivity (Wildman–Crippen MR) is 68.9 cm³/mol. The van der Waals surface area contributed by atoms with Gasteiger partial charge in [-0.1, -0.05) is 6.07 Å². The summed E-state index contributed by atoms with van der Waals surface area (Å²) in [4.78, 5) is 24.1. The minimum atomic E-state index is -1.09. The molecular formula is C13H14F2N2O4. The second kappa shape index (κ2) is 6.04. The first kappa shape index (κ1) is 15.2. The fraction of sp³-hybridized carbons (Fsp3) is 0.385. The molecule has 1 fully saturated rings. The number of carboxylic acid groups (broad SMARTS) is 1. The Morgan fingerprint density at radius 1 is 1.33 bits per heavy atom. The van der Waals surface area contributed by atoms with Crippen LogP contribution in [0, 0.1) is 17.6 Å². The fourth-order valence-electron chi connectivity index (χ4n) is 2.12. The quantitative estimate of drug-likeness (QED) is 0.887. The van der Waals surface area contributed by atoms with Crippen LogP contribution in [0.15, 0.2) is 18.2 Å². The summed E-state index contributed by atoms with van der Waals surface area (Å²) in [6.07, 6.45) is 0. The van der Waals surface area contributed by atoms with Crippen LogP contribution in [0.1, 0.15) is 0 Å². The number of halogens is 2. The van der Waals surface area contributed by atoms with Crippen LogP contribution < -0.4 is 5.32 Å². The van der Waals surface area contributed by atoms with Crippen LogP contribution in [0.2, 0.25) is 0 Å². The number of urea groups is 1. The lowest BCUT2D eigenvalue weighted by Crippen LogP contribution is -2.46. The molecule has 2 atom stereocenters. The van der Waals surface area contributed by atoms with Gasteiger partial charge in [-0.15, -0.1) is 0 Å². The number of hydrogen-bond acceptors (Lipinski definition) is 3. The molecule has 1 aromatic rings. The van der Waals surface area contributed by atoms with E-state index in [4.69, 9.17) is 9.84 Å². The van der Waals surface area contributed by atoms with Gasteiger partial charge in [-0.3, -0.25) is 4.79 Å². The molecule has 0 radical (unpaired) electrons. The number of para-hydroxylation sites is 1. The molecule has 114 valence electrons. The number of rotatable bonds is 3. The van der Waals surface area contributed by atoms with Gasteiger partial charge in [0.25, 0.3) is 0 Å². The van der Waals surface area contributed by atoms with Gasteiger partial charge in [0, 0.05) is 7.05 Å². The Morgan fingerprint density at radius 3 is 2.52 bits per heavy atom. The number of benzene rings is 1. The van der Waals surface area contributed by atoms with Gasteiger partial charge in [0.1, 0.15) is 23.2 Å². The van der Waals surface area contributed by atoms with E-state index in [0.717, 1.165) is 17.0 Å². The van der Waals surface area contributed by atoms with E-state index in [9.17, 15) is 18.4 Å². The Kier molecular flexibility index (Phi) is 4.37. The molecule has 2 N–H and O–H groups in total. The molecule has 8 heteroatoms. The third kappa shape index (κ3) is 3.10. The van der Waals surface area contributed by atoms with Crippen molar-refractivity contribution >= 4 is 17.7 Å². The molecule has 2 amide bonds. The first-order chi connectivity index (χ1) is 9.91. The van der Waals surface area contributed by atoms with Crippen molar-refractivity contribution in [2.45, 2.75) is 6.04 Å². The van der Waals surface area contributed by atoms with E-state index in [-0.39, 0.29) is 13.2 Å². The highest BCUT2D eigenvalue weighted by molar-refractivity contribution is 5.90. The van der Waals surface area contributed by atoms with Crippen LogP contribution in [0.3, 0.4) is 0 Å². The van der Waals surface area contributed by atoms with E-state index in [1.54, 1.807) is 0 Å². The molecule has 1 heterocycles. The Bertz CT molecular complexity index is 547. The van der Waals surface area contributed by atoms with Gasteiger partial charge in [0.15, 0.2) is 0 Å². The van der Waals surface area contributed by atoms with Crippen molar-refractivity contribution < 1.29 is 28.2 Å². The van der Waals surface area contributed by atoms with E-state index in [1.807, 2.05) is 0 Å². The van der Waals surface area contributed by atoms with E-state index in [2.05, 4.69) is 5.32 Å². The zero-order valence-corrected chi connectivity index (χ0v) is 11.2. The summed E-state index contributed by atoms with van der Waals surface area (Å²) in [5.41, 5.74) is -0.569. The Balaban J connectivity index is 2.11. The van der Waals surface area contributed by atoms with E-state index in [0.29, 0.717) is 0 Å². The minimum absolute atomic E-state index is 0.00825. The van der Waals surface area contributed by atoms with E-state index < -0.39 is 41.3 Å². The van der Waals surface area contributed by atoms with Gasteiger partial charge in [0.2, 0.25) is 0 Å².